The highest BCUT2D eigenvalue weighted by Crippen LogP contribution is 2.23. The van der Waals surface area contributed by atoms with E-state index < -0.39 is 5.97 Å². The molecule has 3 heteroatoms. The molecule has 0 saturated carbocycles. The van der Waals surface area contributed by atoms with E-state index in [4.69, 9.17) is 5.11 Å². The summed E-state index contributed by atoms with van der Waals surface area (Å²) in [7, 11) is 0. The van der Waals surface area contributed by atoms with Crippen LogP contribution in [0.2, 0.25) is 0 Å². The zero-order valence-electron chi connectivity index (χ0n) is 10.1. The first-order valence-corrected chi connectivity index (χ1v) is 5.87. The van der Waals surface area contributed by atoms with Crippen LogP contribution in [0.15, 0.2) is 0 Å². The van der Waals surface area contributed by atoms with E-state index in [1.807, 2.05) is 0 Å². The van der Waals surface area contributed by atoms with E-state index in [9.17, 15) is 4.79 Å². The molecule has 0 aliphatic carbocycles. The minimum Gasteiger partial charge on any atom is -0.480 e. The summed E-state index contributed by atoms with van der Waals surface area (Å²) in [6.07, 6.45) is 4.09. The molecular weight excluding hydrogens is 190 g/mol. The molecule has 1 N–H and O–H groups in total. The van der Waals surface area contributed by atoms with E-state index in [2.05, 4.69) is 25.7 Å². The molecule has 3 nitrogen and oxygen atoms in total. The monoisotopic (exact) mass is 213 g/mol. The molecular formula is C12H23NO2. The molecule has 0 aromatic carbocycles. The van der Waals surface area contributed by atoms with Gasteiger partial charge in [0.25, 0.3) is 0 Å². The summed E-state index contributed by atoms with van der Waals surface area (Å²) < 4.78 is 0. The Labute approximate surface area is 92.5 Å². The zero-order valence-corrected chi connectivity index (χ0v) is 10.1. The minimum atomic E-state index is -0.649. The molecule has 15 heavy (non-hydrogen) atoms. The van der Waals surface area contributed by atoms with Gasteiger partial charge in [0.15, 0.2) is 0 Å². The standard InChI is InChI=1S/C12H23NO2/c1-12(2,3)7-9-13-8-5-4-6-10(13)11(14)15/h10H,4-9H2,1-3H3,(H,14,15)/t10-/m0/s1. The van der Waals surface area contributed by atoms with Crippen molar-refractivity contribution in [3.63, 3.8) is 0 Å². The summed E-state index contributed by atoms with van der Waals surface area (Å²) in [5.41, 5.74) is 0.292. The maximum atomic E-state index is 11.0. The van der Waals surface area contributed by atoms with Crippen LogP contribution < -0.4 is 0 Å². The number of carboxylic acids is 1. The third-order valence-electron chi connectivity index (χ3n) is 3.05. The molecule has 1 atom stereocenters. The van der Waals surface area contributed by atoms with E-state index in [-0.39, 0.29) is 6.04 Å². The van der Waals surface area contributed by atoms with Gasteiger partial charge in [-0.2, -0.15) is 0 Å². The van der Waals surface area contributed by atoms with Crippen molar-refractivity contribution in [2.45, 2.75) is 52.5 Å². The Bertz CT molecular complexity index is 220. The summed E-state index contributed by atoms with van der Waals surface area (Å²) in [4.78, 5) is 13.2. The lowest BCUT2D eigenvalue weighted by Gasteiger charge is -2.34. The fourth-order valence-corrected chi connectivity index (χ4v) is 2.02. The summed E-state index contributed by atoms with van der Waals surface area (Å²) >= 11 is 0. The first-order valence-electron chi connectivity index (χ1n) is 5.87. The second-order valence-electron chi connectivity index (χ2n) is 5.70. The number of likely N-dealkylation sites (tertiary alicyclic amines) is 1. The Kier molecular flexibility index (Phi) is 4.14. The largest absolute Gasteiger partial charge is 0.480 e. The van der Waals surface area contributed by atoms with Crippen LogP contribution in [0.5, 0.6) is 0 Å². The SMILES string of the molecule is CC(C)(C)CCN1CCCC[C@H]1C(=O)O. The number of carboxylic acid groups (broad SMARTS) is 1. The Hall–Kier alpha value is -0.570. The number of aliphatic carboxylic acids is 1. The van der Waals surface area contributed by atoms with E-state index in [0.717, 1.165) is 38.8 Å². The smallest absolute Gasteiger partial charge is 0.320 e. The average molecular weight is 213 g/mol. The summed E-state index contributed by atoms with van der Waals surface area (Å²) in [6.45, 7) is 8.47. The maximum Gasteiger partial charge on any atom is 0.320 e. The molecule has 1 saturated heterocycles. The van der Waals surface area contributed by atoms with Crippen molar-refractivity contribution in [2.24, 2.45) is 5.41 Å². The first-order chi connectivity index (χ1) is 6.90. The first kappa shape index (κ1) is 12.5. The molecule has 0 aromatic rings. The molecule has 1 fully saturated rings. The van der Waals surface area contributed by atoms with Gasteiger partial charge in [0.05, 0.1) is 0 Å². The van der Waals surface area contributed by atoms with Crippen LogP contribution in [0.1, 0.15) is 46.5 Å². The molecule has 0 amide bonds. The van der Waals surface area contributed by atoms with Gasteiger partial charge in [0.1, 0.15) is 6.04 Å². The number of piperidine rings is 1. The topological polar surface area (TPSA) is 40.5 Å². The second kappa shape index (κ2) is 4.97. The van der Waals surface area contributed by atoms with Crippen molar-refractivity contribution < 1.29 is 9.90 Å². The van der Waals surface area contributed by atoms with Gasteiger partial charge in [0, 0.05) is 0 Å². The predicted octanol–water partition coefficient (Wildman–Crippen LogP) is 2.36. The van der Waals surface area contributed by atoms with Gasteiger partial charge < -0.3 is 5.11 Å². The fourth-order valence-electron chi connectivity index (χ4n) is 2.02. The Morgan fingerprint density at radius 1 is 1.40 bits per heavy atom. The van der Waals surface area contributed by atoms with Crippen LogP contribution >= 0.6 is 0 Å². The number of hydrogen-bond donors (Lipinski definition) is 1. The normalized spacial score (nSPS) is 24.1. The Balaban J connectivity index is 2.46. The fraction of sp³-hybridized carbons (Fsp3) is 0.917. The van der Waals surface area contributed by atoms with Crippen molar-refractivity contribution in [3.8, 4) is 0 Å². The van der Waals surface area contributed by atoms with E-state index in [1.165, 1.54) is 0 Å². The second-order valence-corrected chi connectivity index (χ2v) is 5.70. The number of nitrogens with zero attached hydrogens (tertiary/aromatic N) is 1. The van der Waals surface area contributed by atoms with E-state index in [0.29, 0.717) is 5.41 Å². The summed E-state index contributed by atoms with van der Waals surface area (Å²) in [5.74, 6) is -0.649. The molecule has 0 spiro atoms. The van der Waals surface area contributed by atoms with Crippen LogP contribution in [-0.2, 0) is 4.79 Å². The van der Waals surface area contributed by atoms with Gasteiger partial charge in [-0.05, 0) is 37.8 Å². The van der Waals surface area contributed by atoms with Gasteiger partial charge in [0.2, 0.25) is 0 Å². The molecule has 0 radical (unpaired) electrons. The maximum absolute atomic E-state index is 11.0. The summed E-state index contributed by atoms with van der Waals surface area (Å²) in [6, 6.07) is -0.235. The Morgan fingerprint density at radius 3 is 2.60 bits per heavy atom. The number of hydrogen-bond acceptors (Lipinski definition) is 2. The van der Waals surface area contributed by atoms with Crippen LogP contribution in [0.25, 0.3) is 0 Å². The van der Waals surface area contributed by atoms with Crippen molar-refractivity contribution in [1.82, 2.24) is 4.90 Å². The predicted molar refractivity (Wildman–Crippen MR) is 60.9 cm³/mol. The van der Waals surface area contributed by atoms with Crippen molar-refractivity contribution >= 4 is 5.97 Å². The quantitative estimate of drug-likeness (QED) is 0.782. The lowest BCUT2D eigenvalue weighted by Crippen LogP contribution is -2.45. The van der Waals surface area contributed by atoms with Crippen LogP contribution in [0.4, 0.5) is 0 Å². The lowest BCUT2D eigenvalue weighted by molar-refractivity contribution is -0.144. The average Bonchev–Trinajstić information content (AvgIpc) is 2.14. The van der Waals surface area contributed by atoms with Gasteiger partial charge in [-0.3, -0.25) is 9.69 Å². The Morgan fingerprint density at radius 2 is 2.07 bits per heavy atom. The number of carbonyl (C=O) groups is 1. The van der Waals surface area contributed by atoms with Crippen LogP contribution in [0.3, 0.4) is 0 Å². The van der Waals surface area contributed by atoms with Gasteiger partial charge >= 0.3 is 5.97 Å². The zero-order chi connectivity index (χ0) is 11.5. The molecule has 0 bridgehead atoms. The molecule has 1 aliphatic heterocycles. The lowest BCUT2D eigenvalue weighted by atomic mass is 9.91. The van der Waals surface area contributed by atoms with Crippen molar-refractivity contribution in [3.05, 3.63) is 0 Å². The third-order valence-corrected chi connectivity index (χ3v) is 3.05. The van der Waals surface area contributed by atoms with Crippen molar-refractivity contribution in [2.75, 3.05) is 13.1 Å². The number of rotatable bonds is 3. The van der Waals surface area contributed by atoms with E-state index in [1.54, 1.807) is 0 Å². The molecule has 1 rings (SSSR count). The van der Waals surface area contributed by atoms with Crippen molar-refractivity contribution in [1.29, 1.82) is 0 Å². The molecule has 1 aliphatic rings. The highest BCUT2D eigenvalue weighted by Gasteiger charge is 2.28. The van der Waals surface area contributed by atoms with Gasteiger partial charge in [-0.15, -0.1) is 0 Å². The van der Waals surface area contributed by atoms with E-state index >= 15 is 0 Å². The molecule has 0 aromatic heterocycles. The van der Waals surface area contributed by atoms with Gasteiger partial charge in [-0.1, -0.05) is 27.2 Å². The molecule has 0 unspecified atom stereocenters. The summed E-state index contributed by atoms with van der Waals surface area (Å²) in [5, 5.41) is 9.10. The van der Waals surface area contributed by atoms with Crippen LogP contribution in [-0.4, -0.2) is 35.1 Å². The van der Waals surface area contributed by atoms with Crippen LogP contribution in [0, 0.1) is 5.41 Å². The molecule has 88 valence electrons. The highest BCUT2D eigenvalue weighted by molar-refractivity contribution is 5.73. The van der Waals surface area contributed by atoms with Gasteiger partial charge in [-0.25, -0.2) is 0 Å². The third kappa shape index (κ3) is 4.20. The minimum absolute atomic E-state index is 0.235. The highest BCUT2D eigenvalue weighted by atomic mass is 16.4. The molecule has 1 heterocycles.